The van der Waals surface area contributed by atoms with Gasteiger partial charge in [-0.2, -0.15) is 0 Å². The second kappa shape index (κ2) is 6.85. The third-order valence-corrected chi connectivity index (χ3v) is 4.03. The first kappa shape index (κ1) is 14.9. The van der Waals surface area contributed by atoms with Crippen molar-refractivity contribution < 1.29 is 9.50 Å². The summed E-state index contributed by atoms with van der Waals surface area (Å²) >= 11 is 0. The normalized spacial score (nSPS) is 17.5. The van der Waals surface area contributed by atoms with Gasteiger partial charge in [0.05, 0.1) is 6.10 Å². The third-order valence-electron chi connectivity index (χ3n) is 4.03. The predicted octanol–water partition coefficient (Wildman–Crippen LogP) is 2.08. The van der Waals surface area contributed by atoms with Gasteiger partial charge >= 0.3 is 0 Å². The van der Waals surface area contributed by atoms with E-state index in [1.807, 2.05) is 35.2 Å². The van der Waals surface area contributed by atoms with Gasteiger partial charge in [0.15, 0.2) is 11.6 Å². The Bertz CT molecular complexity index is 600. The van der Waals surface area contributed by atoms with E-state index in [9.17, 15) is 9.50 Å². The van der Waals surface area contributed by atoms with Crippen LogP contribution in [-0.2, 0) is 0 Å². The summed E-state index contributed by atoms with van der Waals surface area (Å²) in [5.41, 5.74) is 0.931. The molecule has 4 nitrogen and oxygen atoms in total. The van der Waals surface area contributed by atoms with E-state index in [4.69, 9.17) is 0 Å². The number of β-amino-alcohol motifs (C(OH)–C–C–N with tert-alkyl or cyclic N) is 1. The number of nitrogens with zero attached hydrogens (tertiary/aromatic N) is 3. The largest absolute Gasteiger partial charge is 0.387 e. The molecule has 22 heavy (non-hydrogen) atoms. The number of piperazine rings is 1. The molecule has 2 heterocycles. The summed E-state index contributed by atoms with van der Waals surface area (Å²) in [5, 5.41) is 10.3. The summed E-state index contributed by atoms with van der Waals surface area (Å²) in [5.74, 6) is 0.144. The Morgan fingerprint density at radius 3 is 2.45 bits per heavy atom. The number of rotatable bonds is 4. The van der Waals surface area contributed by atoms with Gasteiger partial charge in [-0.05, 0) is 17.7 Å². The zero-order valence-electron chi connectivity index (χ0n) is 12.4. The lowest BCUT2D eigenvalue weighted by Crippen LogP contribution is -2.48. The quantitative estimate of drug-likeness (QED) is 0.938. The average Bonchev–Trinajstić information content (AvgIpc) is 2.57. The first-order valence-electron chi connectivity index (χ1n) is 7.55. The lowest BCUT2D eigenvalue weighted by Gasteiger charge is -2.36. The number of aliphatic hydroxyl groups is 1. The smallest absolute Gasteiger partial charge is 0.165 e. The molecule has 1 N–H and O–H groups in total. The van der Waals surface area contributed by atoms with E-state index in [2.05, 4.69) is 9.88 Å². The molecule has 1 saturated heterocycles. The molecule has 1 aliphatic heterocycles. The predicted molar refractivity (Wildman–Crippen MR) is 84.2 cm³/mol. The lowest BCUT2D eigenvalue weighted by molar-refractivity contribution is 0.109. The second-order valence-electron chi connectivity index (χ2n) is 5.52. The molecule has 116 valence electrons. The van der Waals surface area contributed by atoms with Crippen LogP contribution >= 0.6 is 0 Å². The molecule has 3 rings (SSSR count). The third kappa shape index (κ3) is 3.43. The van der Waals surface area contributed by atoms with Crippen molar-refractivity contribution >= 4 is 5.82 Å². The highest BCUT2D eigenvalue weighted by Gasteiger charge is 2.22. The SMILES string of the molecule is O[C@@H](CN1CCN(c2ncccc2F)CC1)c1ccccc1. The Balaban J connectivity index is 1.55. The van der Waals surface area contributed by atoms with Gasteiger partial charge < -0.3 is 10.0 Å². The van der Waals surface area contributed by atoms with Crippen LogP contribution in [0.4, 0.5) is 10.2 Å². The van der Waals surface area contributed by atoms with Gasteiger partial charge in [0.1, 0.15) is 0 Å². The van der Waals surface area contributed by atoms with Crippen molar-refractivity contribution in [2.75, 3.05) is 37.6 Å². The van der Waals surface area contributed by atoms with Crippen LogP contribution in [0.15, 0.2) is 48.7 Å². The molecule has 1 aromatic carbocycles. The van der Waals surface area contributed by atoms with Crippen LogP contribution in [0.5, 0.6) is 0 Å². The summed E-state index contributed by atoms with van der Waals surface area (Å²) in [7, 11) is 0. The highest BCUT2D eigenvalue weighted by atomic mass is 19.1. The first-order chi connectivity index (χ1) is 10.7. The van der Waals surface area contributed by atoms with Crippen LogP contribution in [0.3, 0.4) is 0 Å². The minimum absolute atomic E-state index is 0.278. The topological polar surface area (TPSA) is 39.6 Å². The van der Waals surface area contributed by atoms with E-state index < -0.39 is 6.10 Å². The minimum Gasteiger partial charge on any atom is -0.387 e. The molecule has 0 aliphatic carbocycles. The summed E-state index contributed by atoms with van der Waals surface area (Å²) in [4.78, 5) is 8.28. The molecular weight excluding hydrogens is 281 g/mol. The van der Waals surface area contributed by atoms with Crippen LogP contribution in [0.2, 0.25) is 0 Å². The van der Waals surface area contributed by atoms with Crippen molar-refractivity contribution in [1.82, 2.24) is 9.88 Å². The monoisotopic (exact) mass is 301 g/mol. The van der Waals surface area contributed by atoms with Crippen molar-refractivity contribution in [3.63, 3.8) is 0 Å². The molecule has 0 saturated carbocycles. The minimum atomic E-state index is -0.487. The molecule has 0 bridgehead atoms. The molecule has 0 amide bonds. The van der Waals surface area contributed by atoms with Crippen molar-refractivity contribution in [3.05, 3.63) is 60.0 Å². The molecule has 0 unspecified atom stereocenters. The number of benzene rings is 1. The molecule has 0 spiro atoms. The molecule has 1 fully saturated rings. The number of hydrogen-bond acceptors (Lipinski definition) is 4. The Labute approximate surface area is 129 Å². The molecule has 1 aliphatic rings. The fraction of sp³-hybridized carbons (Fsp3) is 0.353. The standard InChI is InChI=1S/C17H20FN3O/c18-15-7-4-8-19-17(15)21-11-9-20(10-12-21)13-16(22)14-5-2-1-3-6-14/h1-8,16,22H,9-13H2/t16-/m0/s1. The van der Waals surface area contributed by atoms with E-state index in [0.717, 1.165) is 31.7 Å². The highest BCUT2D eigenvalue weighted by molar-refractivity contribution is 5.40. The van der Waals surface area contributed by atoms with Gasteiger partial charge in [0.25, 0.3) is 0 Å². The maximum Gasteiger partial charge on any atom is 0.165 e. The van der Waals surface area contributed by atoms with Gasteiger partial charge in [-0.15, -0.1) is 0 Å². The van der Waals surface area contributed by atoms with E-state index >= 15 is 0 Å². The summed E-state index contributed by atoms with van der Waals surface area (Å²) in [6.07, 6.45) is 1.13. The van der Waals surface area contributed by atoms with Crippen LogP contribution in [0.1, 0.15) is 11.7 Å². The summed E-state index contributed by atoms with van der Waals surface area (Å²) in [6, 6.07) is 12.7. The van der Waals surface area contributed by atoms with Crippen LogP contribution in [0.25, 0.3) is 0 Å². The van der Waals surface area contributed by atoms with Crippen LogP contribution in [-0.4, -0.2) is 47.7 Å². The fourth-order valence-corrected chi connectivity index (χ4v) is 2.78. The fourth-order valence-electron chi connectivity index (χ4n) is 2.78. The van der Waals surface area contributed by atoms with E-state index in [-0.39, 0.29) is 5.82 Å². The van der Waals surface area contributed by atoms with Gasteiger partial charge in [-0.25, -0.2) is 9.37 Å². The molecule has 5 heteroatoms. The van der Waals surface area contributed by atoms with Crippen molar-refractivity contribution in [2.24, 2.45) is 0 Å². The number of aliphatic hydroxyl groups excluding tert-OH is 1. The Kier molecular flexibility index (Phi) is 4.65. The van der Waals surface area contributed by atoms with Crippen LogP contribution < -0.4 is 4.90 Å². The zero-order chi connectivity index (χ0) is 15.4. The first-order valence-corrected chi connectivity index (χ1v) is 7.55. The van der Waals surface area contributed by atoms with Gasteiger partial charge in [0.2, 0.25) is 0 Å². The molecule has 0 radical (unpaired) electrons. The molecule has 1 atom stereocenters. The number of hydrogen-bond donors (Lipinski definition) is 1. The lowest BCUT2D eigenvalue weighted by atomic mass is 10.1. The van der Waals surface area contributed by atoms with E-state index in [1.54, 1.807) is 12.3 Å². The van der Waals surface area contributed by atoms with Crippen molar-refractivity contribution in [2.45, 2.75) is 6.10 Å². The Hall–Kier alpha value is -1.98. The zero-order valence-corrected chi connectivity index (χ0v) is 12.4. The van der Waals surface area contributed by atoms with Gasteiger partial charge in [0, 0.05) is 38.9 Å². The number of halogens is 1. The molecular formula is C17H20FN3O. The molecule has 2 aromatic rings. The van der Waals surface area contributed by atoms with E-state index in [0.29, 0.717) is 12.4 Å². The number of aromatic nitrogens is 1. The Morgan fingerprint density at radius 1 is 1.05 bits per heavy atom. The number of pyridine rings is 1. The average molecular weight is 301 g/mol. The van der Waals surface area contributed by atoms with Gasteiger partial charge in [-0.1, -0.05) is 30.3 Å². The summed E-state index contributed by atoms with van der Waals surface area (Å²) in [6.45, 7) is 3.62. The van der Waals surface area contributed by atoms with Crippen molar-refractivity contribution in [1.29, 1.82) is 0 Å². The second-order valence-corrected chi connectivity index (χ2v) is 5.52. The Morgan fingerprint density at radius 2 is 1.77 bits per heavy atom. The van der Waals surface area contributed by atoms with Crippen molar-refractivity contribution in [3.8, 4) is 0 Å². The maximum atomic E-state index is 13.7. The number of anilines is 1. The van der Waals surface area contributed by atoms with Crippen LogP contribution in [0, 0.1) is 5.82 Å². The highest BCUT2D eigenvalue weighted by Crippen LogP contribution is 2.19. The summed E-state index contributed by atoms with van der Waals surface area (Å²) < 4.78 is 13.7. The molecule has 1 aromatic heterocycles. The maximum absolute atomic E-state index is 13.7. The van der Waals surface area contributed by atoms with E-state index in [1.165, 1.54) is 6.07 Å². The van der Waals surface area contributed by atoms with Gasteiger partial charge in [-0.3, -0.25) is 4.90 Å².